The van der Waals surface area contributed by atoms with Crippen LogP contribution in [0.15, 0.2) is 47.5 Å². The van der Waals surface area contributed by atoms with Gasteiger partial charge in [-0.3, -0.25) is 9.55 Å². The molecular formula is C19H23N5O. The third kappa shape index (κ3) is 3.33. The van der Waals surface area contributed by atoms with Gasteiger partial charge in [-0.1, -0.05) is 39.2 Å². The number of rotatable bonds is 3. The molecule has 0 bridgehead atoms. The Balaban J connectivity index is 0.000000324. The lowest BCUT2D eigenvalue weighted by Gasteiger charge is -1.99. The summed E-state index contributed by atoms with van der Waals surface area (Å²) in [5.41, 5.74) is 3.93. The summed E-state index contributed by atoms with van der Waals surface area (Å²) in [6.45, 7) is 4.42. The molecule has 0 saturated heterocycles. The number of aromatic nitrogens is 5. The predicted molar refractivity (Wildman–Crippen MR) is 101 cm³/mol. The molecule has 6 heteroatoms. The third-order valence-electron chi connectivity index (χ3n) is 4.17. The maximum atomic E-state index is 11.6. The van der Waals surface area contributed by atoms with Crippen LogP contribution < -0.4 is 5.69 Å². The minimum atomic E-state index is -0.162. The Morgan fingerprint density at radius 1 is 1.08 bits per heavy atom. The lowest BCUT2D eigenvalue weighted by Crippen LogP contribution is -2.11. The van der Waals surface area contributed by atoms with Crippen LogP contribution in [0.2, 0.25) is 0 Å². The van der Waals surface area contributed by atoms with Gasteiger partial charge in [0.1, 0.15) is 0 Å². The van der Waals surface area contributed by atoms with Gasteiger partial charge in [-0.15, -0.1) is 0 Å². The molecule has 4 heterocycles. The standard InChI is InChI=1S/C14H11N5O.C5H12/c1-18-12-6-5-10(16-13(12)17-14(18)20)9-8-15-19-7-3-2-4-11(9)19;1-3-5-4-2/h2-8H,1H3,(H,16,17,20);3-5H2,1-2H3. The molecule has 4 aromatic rings. The smallest absolute Gasteiger partial charge is 0.294 e. The van der Waals surface area contributed by atoms with E-state index < -0.39 is 0 Å². The first kappa shape index (κ1) is 17.0. The van der Waals surface area contributed by atoms with Crippen LogP contribution in [0.5, 0.6) is 0 Å². The van der Waals surface area contributed by atoms with Crippen LogP contribution in [0.25, 0.3) is 27.9 Å². The fraction of sp³-hybridized carbons (Fsp3) is 0.316. The molecule has 0 aliphatic heterocycles. The van der Waals surface area contributed by atoms with Gasteiger partial charge in [-0.2, -0.15) is 5.10 Å². The highest BCUT2D eigenvalue weighted by Gasteiger charge is 2.10. The number of nitrogens with one attached hydrogen (secondary N) is 1. The van der Waals surface area contributed by atoms with Crippen LogP contribution in [0, 0.1) is 0 Å². The summed E-state index contributed by atoms with van der Waals surface area (Å²) in [7, 11) is 1.72. The third-order valence-corrected chi connectivity index (χ3v) is 4.17. The highest BCUT2D eigenvalue weighted by Crippen LogP contribution is 2.23. The zero-order chi connectivity index (χ0) is 17.8. The number of nitrogens with zero attached hydrogens (tertiary/aromatic N) is 4. The zero-order valence-corrected chi connectivity index (χ0v) is 14.9. The monoisotopic (exact) mass is 337 g/mol. The predicted octanol–water partition coefficient (Wildman–Crippen LogP) is 3.77. The summed E-state index contributed by atoms with van der Waals surface area (Å²) in [6.07, 6.45) is 7.75. The quantitative estimate of drug-likeness (QED) is 0.619. The SMILES string of the molecule is CCCCC.Cn1c(=O)[nH]c2nc(-c3cnn4ccccc34)ccc21. The summed E-state index contributed by atoms with van der Waals surface area (Å²) >= 11 is 0. The van der Waals surface area contributed by atoms with E-state index >= 15 is 0 Å². The summed E-state index contributed by atoms with van der Waals surface area (Å²) in [5.74, 6) is 0. The summed E-state index contributed by atoms with van der Waals surface area (Å²) < 4.78 is 3.34. The number of aromatic amines is 1. The molecule has 0 saturated carbocycles. The van der Waals surface area contributed by atoms with Crippen molar-refractivity contribution in [3.63, 3.8) is 0 Å². The minimum Gasteiger partial charge on any atom is -0.294 e. The first-order valence-corrected chi connectivity index (χ1v) is 8.64. The van der Waals surface area contributed by atoms with Crippen LogP contribution in [0.4, 0.5) is 0 Å². The molecule has 0 fully saturated rings. The number of fused-ring (bicyclic) bond motifs is 2. The van der Waals surface area contributed by atoms with E-state index in [9.17, 15) is 4.79 Å². The molecule has 0 aliphatic carbocycles. The van der Waals surface area contributed by atoms with E-state index in [2.05, 4.69) is 28.9 Å². The van der Waals surface area contributed by atoms with Gasteiger partial charge < -0.3 is 0 Å². The van der Waals surface area contributed by atoms with Crippen molar-refractivity contribution in [3.05, 3.63) is 53.2 Å². The number of hydrogen-bond acceptors (Lipinski definition) is 3. The van der Waals surface area contributed by atoms with E-state index in [0.29, 0.717) is 5.65 Å². The van der Waals surface area contributed by atoms with Crippen LogP contribution in [-0.2, 0) is 7.05 Å². The number of imidazole rings is 1. The molecule has 0 aromatic carbocycles. The average Bonchev–Trinajstić information content (AvgIpc) is 3.17. The lowest BCUT2D eigenvalue weighted by atomic mass is 10.2. The van der Waals surface area contributed by atoms with Gasteiger partial charge in [0.2, 0.25) is 0 Å². The van der Waals surface area contributed by atoms with Crippen LogP contribution in [-0.4, -0.2) is 24.1 Å². The molecule has 0 aliphatic rings. The van der Waals surface area contributed by atoms with Gasteiger partial charge in [0.15, 0.2) is 5.65 Å². The van der Waals surface area contributed by atoms with Crippen molar-refractivity contribution in [3.8, 4) is 11.3 Å². The van der Waals surface area contributed by atoms with Gasteiger partial charge in [-0.05, 0) is 24.3 Å². The normalized spacial score (nSPS) is 10.8. The van der Waals surface area contributed by atoms with Gasteiger partial charge in [0.05, 0.1) is 22.9 Å². The fourth-order valence-electron chi connectivity index (χ4n) is 2.74. The molecule has 0 atom stereocenters. The highest BCUT2D eigenvalue weighted by molar-refractivity contribution is 5.82. The summed E-state index contributed by atoms with van der Waals surface area (Å²) in [4.78, 5) is 18.9. The zero-order valence-electron chi connectivity index (χ0n) is 14.9. The molecule has 4 aromatic heterocycles. The Bertz CT molecular complexity index is 1040. The van der Waals surface area contributed by atoms with Crippen LogP contribution in [0.1, 0.15) is 33.1 Å². The molecule has 6 nitrogen and oxygen atoms in total. The highest BCUT2D eigenvalue weighted by atomic mass is 16.1. The maximum absolute atomic E-state index is 11.6. The van der Waals surface area contributed by atoms with Gasteiger partial charge in [-0.25, -0.2) is 14.3 Å². The van der Waals surface area contributed by atoms with Crippen molar-refractivity contribution < 1.29 is 0 Å². The first-order valence-electron chi connectivity index (χ1n) is 8.64. The minimum absolute atomic E-state index is 0.162. The molecule has 0 radical (unpaired) electrons. The Morgan fingerprint density at radius 3 is 2.60 bits per heavy atom. The van der Waals surface area contributed by atoms with Crippen molar-refractivity contribution in [2.45, 2.75) is 33.1 Å². The van der Waals surface area contributed by atoms with E-state index in [1.54, 1.807) is 22.3 Å². The number of pyridine rings is 2. The Kier molecular flexibility index (Phi) is 4.97. The Hall–Kier alpha value is -2.89. The summed E-state index contributed by atoms with van der Waals surface area (Å²) in [6, 6.07) is 9.67. The van der Waals surface area contributed by atoms with Gasteiger partial charge >= 0.3 is 5.69 Å². The van der Waals surface area contributed by atoms with Crippen molar-refractivity contribution in [2.24, 2.45) is 7.05 Å². The molecule has 0 unspecified atom stereocenters. The molecule has 1 N–H and O–H groups in total. The topological polar surface area (TPSA) is 68.0 Å². The van der Waals surface area contributed by atoms with Gasteiger partial charge in [0.25, 0.3) is 0 Å². The second-order valence-electron chi connectivity index (χ2n) is 6.00. The lowest BCUT2D eigenvalue weighted by molar-refractivity contribution is 0.772. The van der Waals surface area contributed by atoms with Crippen molar-refractivity contribution in [1.29, 1.82) is 0 Å². The summed E-state index contributed by atoms with van der Waals surface area (Å²) in [5, 5.41) is 4.30. The maximum Gasteiger partial charge on any atom is 0.327 e. The first-order chi connectivity index (χ1) is 12.2. The molecular weight excluding hydrogens is 314 g/mol. The number of aryl methyl sites for hydroxylation is 1. The average molecular weight is 337 g/mol. The Labute approximate surface area is 146 Å². The van der Waals surface area contributed by atoms with Crippen molar-refractivity contribution >= 4 is 16.7 Å². The van der Waals surface area contributed by atoms with Crippen molar-refractivity contribution in [2.75, 3.05) is 0 Å². The van der Waals surface area contributed by atoms with E-state index in [4.69, 9.17) is 0 Å². The number of H-pyrrole nitrogens is 1. The molecule has 0 amide bonds. The largest absolute Gasteiger partial charge is 0.327 e. The second kappa shape index (κ2) is 7.34. The van der Waals surface area contributed by atoms with E-state index in [-0.39, 0.29) is 5.69 Å². The molecule has 25 heavy (non-hydrogen) atoms. The van der Waals surface area contributed by atoms with E-state index in [1.165, 1.54) is 19.3 Å². The molecule has 130 valence electrons. The van der Waals surface area contributed by atoms with E-state index in [1.807, 2.05) is 36.5 Å². The second-order valence-corrected chi connectivity index (χ2v) is 6.00. The fourth-order valence-corrected chi connectivity index (χ4v) is 2.74. The van der Waals surface area contributed by atoms with Gasteiger partial charge in [0, 0.05) is 18.8 Å². The Morgan fingerprint density at radius 2 is 1.88 bits per heavy atom. The number of unbranched alkanes of at least 4 members (excludes halogenated alkanes) is 2. The molecule has 4 rings (SSSR count). The molecule has 0 spiro atoms. The van der Waals surface area contributed by atoms with Crippen LogP contribution in [0.3, 0.4) is 0 Å². The number of hydrogen-bond donors (Lipinski definition) is 1. The van der Waals surface area contributed by atoms with E-state index in [0.717, 1.165) is 22.3 Å². The van der Waals surface area contributed by atoms with Crippen LogP contribution >= 0.6 is 0 Å². The van der Waals surface area contributed by atoms with Crippen molar-refractivity contribution in [1.82, 2.24) is 24.1 Å².